The highest BCUT2D eigenvalue weighted by Gasteiger charge is 1.98. The molecule has 84 valence electrons. The zero-order valence-corrected chi connectivity index (χ0v) is 9.37. The monoisotopic (exact) mass is 225 g/mol. The Labute approximate surface area is 99.1 Å². The van der Waals surface area contributed by atoms with Gasteiger partial charge in [-0.3, -0.25) is 0 Å². The number of azide groups is 1. The van der Waals surface area contributed by atoms with Crippen molar-refractivity contribution in [3.05, 3.63) is 59.0 Å². The molecule has 2 aromatic carbocycles. The molecule has 0 saturated heterocycles. The first-order valence-corrected chi connectivity index (χ1v) is 5.13. The fourth-order valence-electron chi connectivity index (χ4n) is 1.56. The molecule has 0 unspecified atom stereocenters. The number of methoxy groups -OCH3 is 1. The maximum atomic E-state index is 8.31. The minimum absolute atomic E-state index is 0.616. The maximum Gasteiger partial charge on any atom is 0.118 e. The summed E-state index contributed by atoms with van der Waals surface area (Å²) in [6.07, 6.45) is 0. The fourth-order valence-corrected chi connectivity index (χ4v) is 1.56. The second-order valence-corrected chi connectivity index (χ2v) is 3.46. The molecular weight excluding hydrogens is 214 g/mol. The summed E-state index contributed by atoms with van der Waals surface area (Å²) >= 11 is 0. The van der Waals surface area contributed by atoms with Crippen LogP contribution in [-0.2, 0) is 0 Å². The Bertz CT molecular complexity index is 540. The number of nitrogens with zero attached hydrogens (tertiary/aromatic N) is 3. The number of hydrogen-bond acceptors (Lipinski definition) is 2. The van der Waals surface area contributed by atoms with Crippen molar-refractivity contribution in [3.63, 3.8) is 0 Å². The van der Waals surface area contributed by atoms with Crippen LogP contribution < -0.4 is 4.74 Å². The van der Waals surface area contributed by atoms with E-state index in [1.807, 2.05) is 36.4 Å². The molecule has 0 saturated carbocycles. The normalized spacial score (nSPS) is 9.47. The Morgan fingerprint density at radius 1 is 0.941 bits per heavy atom. The molecule has 0 fully saturated rings. The molecular formula is C13H11N3O. The van der Waals surface area contributed by atoms with E-state index in [9.17, 15) is 0 Å². The Hall–Kier alpha value is -2.45. The summed E-state index contributed by atoms with van der Waals surface area (Å²) in [5, 5.41) is 3.53. The van der Waals surface area contributed by atoms with Gasteiger partial charge in [-0.2, -0.15) is 0 Å². The SMILES string of the molecule is COc1ccc(-c2ccc(N=[N+]=[N-])cc2)cc1. The van der Waals surface area contributed by atoms with Crippen molar-refractivity contribution in [2.24, 2.45) is 5.11 Å². The first-order valence-electron chi connectivity index (χ1n) is 5.13. The van der Waals surface area contributed by atoms with E-state index in [1.165, 1.54) is 0 Å². The zero-order chi connectivity index (χ0) is 12.1. The van der Waals surface area contributed by atoms with Crippen LogP contribution in [0.25, 0.3) is 21.6 Å². The Kier molecular flexibility index (Phi) is 3.28. The topological polar surface area (TPSA) is 58.0 Å². The molecule has 4 nitrogen and oxygen atoms in total. The van der Waals surface area contributed by atoms with Gasteiger partial charge in [0.25, 0.3) is 0 Å². The van der Waals surface area contributed by atoms with Gasteiger partial charge in [-0.15, -0.1) is 0 Å². The molecule has 0 heterocycles. The summed E-state index contributed by atoms with van der Waals surface area (Å²) in [6.45, 7) is 0. The van der Waals surface area contributed by atoms with E-state index in [1.54, 1.807) is 19.2 Å². The lowest BCUT2D eigenvalue weighted by atomic mass is 10.1. The van der Waals surface area contributed by atoms with Crippen LogP contribution >= 0.6 is 0 Å². The minimum Gasteiger partial charge on any atom is -0.497 e. The first-order chi connectivity index (χ1) is 8.33. The van der Waals surface area contributed by atoms with E-state index < -0.39 is 0 Å². The van der Waals surface area contributed by atoms with Gasteiger partial charge in [0.15, 0.2) is 0 Å². The fraction of sp³-hybridized carbons (Fsp3) is 0.0769. The lowest BCUT2D eigenvalue weighted by molar-refractivity contribution is 0.415. The van der Waals surface area contributed by atoms with Crippen LogP contribution in [0, 0.1) is 0 Å². The molecule has 0 radical (unpaired) electrons. The standard InChI is InChI=1S/C13H11N3O/c1-17-13-8-4-11(5-9-13)10-2-6-12(7-3-10)15-16-14/h2-9H,1H3. The lowest BCUT2D eigenvalue weighted by Crippen LogP contribution is -1.82. The number of ether oxygens (including phenoxy) is 1. The third kappa shape index (κ3) is 2.56. The van der Waals surface area contributed by atoms with Gasteiger partial charge in [-0.05, 0) is 28.8 Å². The molecule has 0 aliphatic carbocycles. The van der Waals surface area contributed by atoms with Gasteiger partial charge >= 0.3 is 0 Å². The Morgan fingerprint density at radius 2 is 1.47 bits per heavy atom. The molecule has 0 amide bonds. The van der Waals surface area contributed by atoms with Crippen molar-refractivity contribution in [1.29, 1.82) is 0 Å². The Morgan fingerprint density at radius 3 is 1.94 bits per heavy atom. The van der Waals surface area contributed by atoms with Crippen molar-refractivity contribution in [3.8, 4) is 16.9 Å². The summed E-state index contributed by atoms with van der Waals surface area (Å²) < 4.78 is 5.10. The largest absolute Gasteiger partial charge is 0.497 e. The van der Waals surface area contributed by atoms with E-state index in [-0.39, 0.29) is 0 Å². The van der Waals surface area contributed by atoms with Gasteiger partial charge in [0, 0.05) is 10.6 Å². The highest BCUT2D eigenvalue weighted by Crippen LogP contribution is 2.24. The van der Waals surface area contributed by atoms with Gasteiger partial charge < -0.3 is 4.74 Å². The summed E-state index contributed by atoms with van der Waals surface area (Å²) in [6, 6.07) is 15.2. The van der Waals surface area contributed by atoms with Crippen LogP contribution in [0.2, 0.25) is 0 Å². The molecule has 0 atom stereocenters. The second kappa shape index (κ2) is 5.05. The van der Waals surface area contributed by atoms with Gasteiger partial charge in [-0.25, -0.2) is 0 Å². The molecule has 2 rings (SSSR count). The van der Waals surface area contributed by atoms with E-state index in [0.29, 0.717) is 5.69 Å². The average Bonchev–Trinajstić information content (AvgIpc) is 2.40. The van der Waals surface area contributed by atoms with Crippen molar-refractivity contribution in [2.75, 3.05) is 7.11 Å². The summed E-state index contributed by atoms with van der Waals surface area (Å²) in [5.41, 5.74) is 11.1. The second-order valence-electron chi connectivity index (χ2n) is 3.46. The molecule has 0 N–H and O–H groups in total. The zero-order valence-electron chi connectivity index (χ0n) is 9.37. The van der Waals surface area contributed by atoms with Crippen LogP contribution in [-0.4, -0.2) is 7.11 Å². The van der Waals surface area contributed by atoms with Crippen molar-refractivity contribution < 1.29 is 4.74 Å². The van der Waals surface area contributed by atoms with Crippen LogP contribution in [0.4, 0.5) is 5.69 Å². The van der Waals surface area contributed by atoms with Crippen LogP contribution in [0.5, 0.6) is 5.75 Å². The van der Waals surface area contributed by atoms with Crippen LogP contribution in [0.15, 0.2) is 53.6 Å². The van der Waals surface area contributed by atoms with Crippen molar-refractivity contribution >= 4 is 5.69 Å². The molecule has 0 aromatic heterocycles. The van der Waals surface area contributed by atoms with Gasteiger partial charge in [-0.1, -0.05) is 41.5 Å². The minimum atomic E-state index is 0.616. The summed E-state index contributed by atoms with van der Waals surface area (Å²) in [7, 11) is 1.64. The quantitative estimate of drug-likeness (QED) is 0.436. The predicted octanol–water partition coefficient (Wildman–Crippen LogP) is 4.30. The molecule has 0 aliphatic heterocycles. The van der Waals surface area contributed by atoms with Gasteiger partial charge in [0.2, 0.25) is 0 Å². The maximum absolute atomic E-state index is 8.31. The lowest BCUT2D eigenvalue weighted by Gasteiger charge is -2.03. The summed E-state index contributed by atoms with van der Waals surface area (Å²) in [5.74, 6) is 0.833. The van der Waals surface area contributed by atoms with E-state index in [4.69, 9.17) is 10.3 Å². The van der Waals surface area contributed by atoms with Crippen molar-refractivity contribution in [1.82, 2.24) is 0 Å². The molecule has 4 heteroatoms. The third-order valence-electron chi connectivity index (χ3n) is 2.45. The number of benzene rings is 2. The van der Waals surface area contributed by atoms with Crippen molar-refractivity contribution in [2.45, 2.75) is 0 Å². The van der Waals surface area contributed by atoms with E-state index in [0.717, 1.165) is 16.9 Å². The smallest absolute Gasteiger partial charge is 0.118 e. The first kappa shape index (κ1) is 11.0. The molecule has 0 aliphatic rings. The number of rotatable bonds is 3. The number of hydrogen-bond donors (Lipinski definition) is 0. The van der Waals surface area contributed by atoms with Crippen LogP contribution in [0.3, 0.4) is 0 Å². The van der Waals surface area contributed by atoms with Gasteiger partial charge in [0.1, 0.15) is 5.75 Å². The van der Waals surface area contributed by atoms with E-state index >= 15 is 0 Å². The molecule has 2 aromatic rings. The average molecular weight is 225 g/mol. The summed E-state index contributed by atoms with van der Waals surface area (Å²) in [4.78, 5) is 2.74. The predicted molar refractivity (Wildman–Crippen MR) is 67.2 cm³/mol. The third-order valence-corrected chi connectivity index (χ3v) is 2.45. The highest BCUT2D eigenvalue weighted by atomic mass is 16.5. The van der Waals surface area contributed by atoms with Gasteiger partial charge in [0.05, 0.1) is 7.11 Å². The molecule has 0 bridgehead atoms. The highest BCUT2D eigenvalue weighted by molar-refractivity contribution is 5.65. The molecule has 0 spiro atoms. The Balaban J connectivity index is 2.29. The van der Waals surface area contributed by atoms with Crippen LogP contribution in [0.1, 0.15) is 0 Å². The van der Waals surface area contributed by atoms with E-state index in [2.05, 4.69) is 10.0 Å². The molecule has 17 heavy (non-hydrogen) atoms.